The number of hydrogen-bond donors (Lipinski definition) is 1. The van der Waals surface area contributed by atoms with Crippen LogP contribution >= 0.6 is 0 Å². The first-order valence-electron chi connectivity index (χ1n) is 8.25. The van der Waals surface area contributed by atoms with Gasteiger partial charge in [-0.05, 0) is 37.0 Å². The van der Waals surface area contributed by atoms with Gasteiger partial charge in [0.15, 0.2) is 0 Å². The molecule has 5 nitrogen and oxygen atoms in total. The van der Waals surface area contributed by atoms with Crippen molar-refractivity contribution in [3.8, 4) is 0 Å². The zero-order valence-corrected chi connectivity index (χ0v) is 14.0. The highest BCUT2D eigenvalue weighted by Crippen LogP contribution is 2.52. The number of benzene rings is 1. The Hall–Kier alpha value is -2.14. The van der Waals surface area contributed by atoms with Gasteiger partial charge in [-0.25, -0.2) is 0 Å². The van der Waals surface area contributed by atoms with Crippen LogP contribution in [0.3, 0.4) is 0 Å². The predicted octanol–water partition coefficient (Wildman–Crippen LogP) is 2.11. The lowest BCUT2D eigenvalue weighted by Crippen LogP contribution is -2.31. The highest BCUT2D eigenvalue weighted by atomic mass is 16.5. The minimum absolute atomic E-state index is 0.104. The zero-order chi connectivity index (χ0) is 17.2. The van der Waals surface area contributed by atoms with E-state index >= 15 is 0 Å². The van der Waals surface area contributed by atoms with E-state index in [4.69, 9.17) is 9.47 Å². The van der Waals surface area contributed by atoms with Crippen LogP contribution in [0, 0.1) is 11.3 Å². The van der Waals surface area contributed by atoms with Crippen LogP contribution in [0.4, 0.5) is 0 Å². The van der Waals surface area contributed by atoms with Gasteiger partial charge in [0.2, 0.25) is 0 Å². The van der Waals surface area contributed by atoms with E-state index in [2.05, 4.69) is 11.9 Å². The zero-order valence-electron chi connectivity index (χ0n) is 14.0. The van der Waals surface area contributed by atoms with Gasteiger partial charge in [0.1, 0.15) is 0 Å². The average Bonchev–Trinajstić information content (AvgIpc) is 3.03. The van der Waals surface area contributed by atoms with Crippen LogP contribution in [0.5, 0.6) is 0 Å². The summed E-state index contributed by atoms with van der Waals surface area (Å²) in [7, 11) is 1.60. The maximum absolute atomic E-state index is 12.3. The van der Waals surface area contributed by atoms with Crippen LogP contribution in [0.2, 0.25) is 0 Å². The summed E-state index contributed by atoms with van der Waals surface area (Å²) in [5, 5.41) is 2.79. The molecule has 2 aliphatic rings. The van der Waals surface area contributed by atoms with E-state index in [1.807, 2.05) is 12.1 Å². The topological polar surface area (TPSA) is 64.6 Å². The van der Waals surface area contributed by atoms with E-state index in [1.165, 1.54) is 0 Å². The van der Waals surface area contributed by atoms with Crippen molar-refractivity contribution in [1.82, 2.24) is 5.32 Å². The van der Waals surface area contributed by atoms with E-state index in [0.717, 1.165) is 17.6 Å². The summed E-state index contributed by atoms with van der Waals surface area (Å²) in [4.78, 5) is 24.3. The van der Waals surface area contributed by atoms with Crippen LogP contribution in [-0.2, 0) is 20.7 Å². The normalized spacial score (nSPS) is 25.5. The summed E-state index contributed by atoms with van der Waals surface area (Å²) in [5.41, 5.74) is 2.32. The number of hydrogen-bond acceptors (Lipinski definition) is 4. The summed E-state index contributed by atoms with van der Waals surface area (Å²) < 4.78 is 10.2. The van der Waals surface area contributed by atoms with Crippen molar-refractivity contribution in [3.05, 3.63) is 47.5 Å². The molecule has 5 heteroatoms. The molecule has 1 N–H and O–H groups in total. The Labute approximate surface area is 142 Å². The second kappa shape index (κ2) is 6.77. The fraction of sp³-hybridized carbons (Fsp3) is 0.474. The van der Waals surface area contributed by atoms with E-state index in [-0.39, 0.29) is 17.8 Å². The van der Waals surface area contributed by atoms with Gasteiger partial charge in [-0.1, -0.05) is 24.3 Å². The largest absolute Gasteiger partial charge is 0.465 e. The number of methoxy groups -OCH3 is 1. The first-order chi connectivity index (χ1) is 11.5. The van der Waals surface area contributed by atoms with E-state index in [0.29, 0.717) is 38.2 Å². The fourth-order valence-corrected chi connectivity index (χ4v) is 3.77. The van der Waals surface area contributed by atoms with E-state index < -0.39 is 5.41 Å². The Balaban J connectivity index is 1.69. The standard InChI is InChI=1S/C19H23NO4/c1-13-9-16-12-24-18(22)19(16,10-13)11-14-3-5-15(6-4-14)17(21)20-7-8-23-2/h3-6,16H,1,7-12H2,2H3,(H,20,21). The number of esters is 1. The lowest BCUT2D eigenvalue weighted by atomic mass is 9.75. The molecule has 24 heavy (non-hydrogen) atoms. The number of carbonyl (C=O) groups excluding carboxylic acids is 2. The lowest BCUT2D eigenvalue weighted by Gasteiger charge is -2.24. The molecule has 1 aliphatic carbocycles. The number of nitrogens with one attached hydrogen (secondary N) is 1. The van der Waals surface area contributed by atoms with E-state index in [9.17, 15) is 9.59 Å². The van der Waals surface area contributed by atoms with Crippen LogP contribution < -0.4 is 5.32 Å². The third kappa shape index (κ3) is 3.08. The maximum Gasteiger partial charge on any atom is 0.313 e. The van der Waals surface area contributed by atoms with Crippen molar-refractivity contribution in [2.45, 2.75) is 19.3 Å². The van der Waals surface area contributed by atoms with Crippen LogP contribution in [-0.4, -0.2) is 38.7 Å². The van der Waals surface area contributed by atoms with Gasteiger partial charge in [-0.15, -0.1) is 0 Å². The SMILES string of the molecule is C=C1CC2COC(=O)C2(Cc2ccc(C(=O)NCCOC)cc2)C1. The lowest BCUT2D eigenvalue weighted by molar-refractivity contribution is -0.146. The molecule has 0 spiro atoms. The third-order valence-electron chi connectivity index (χ3n) is 5.03. The molecule has 2 unspecified atom stereocenters. The van der Waals surface area contributed by atoms with E-state index in [1.54, 1.807) is 19.2 Å². The van der Waals surface area contributed by atoms with Crippen LogP contribution in [0.15, 0.2) is 36.4 Å². The van der Waals surface area contributed by atoms with Crippen molar-refractivity contribution >= 4 is 11.9 Å². The van der Waals surface area contributed by atoms with Crippen molar-refractivity contribution < 1.29 is 19.1 Å². The molecular weight excluding hydrogens is 306 g/mol. The summed E-state index contributed by atoms with van der Waals surface area (Å²) in [6, 6.07) is 7.44. The molecular formula is C19H23NO4. The summed E-state index contributed by atoms with van der Waals surface area (Å²) in [6.45, 7) is 5.53. The highest BCUT2D eigenvalue weighted by Gasteiger charge is 2.55. The first-order valence-corrected chi connectivity index (χ1v) is 8.25. The summed E-state index contributed by atoms with van der Waals surface area (Å²) >= 11 is 0. The number of ether oxygens (including phenoxy) is 2. The molecule has 1 saturated carbocycles. The van der Waals surface area contributed by atoms with Crippen LogP contribution in [0.1, 0.15) is 28.8 Å². The van der Waals surface area contributed by atoms with Gasteiger partial charge in [-0.3, -0.25) is 9.59 Å². The highest BCUT2D eigenvalue weighted by molar-refractivity contribution is 5.94. The van der Waals surface area contributed by atoms with Gasteiger partial charge in [0, 0.05) is 25.1 Å². The number of carbonyl (C=O) groups is 2. The smallest absolute Gasteiger partial charge is 0.313 e. The Kier molecular flexibility index (Phi) is 4.71. The second-order valence-corrected chi connectivity index (χ2v) is 6.70. The van der Waals surface area contributed by atoms with Gasteiger partial charge >= 0.3 is 5.97 Å². The van der Waals surface area contributed by atoms with Crippen molar-refractivity contribution in [2.75, 3.05) is 26.9 Å². The van der Waals surface area contributed by atoms with Gasteiger partial charge in [0.05, 0.1) is 18.6 Å². The molecule has 3 rings (SSSR count). The summed E-state index contributed by atoms with van der Waals surface area (Å²) in [6.07, 6.45) is 2.21. The Morgan fingerprint density at radius 2 is 2.17 bits per heavy atom. The van der Waals surface area contributed by atoms with Crippen LogP contribution in [0.25, 0.3) is 0 Å². The molecule has 0 radical (unpaired) electrons. The molecule has 1 heterocycles. The molecule has 2 fully saturated rings. The number of amides is 1. The predicted molar refractivity (Wildman–Crippen MR) is 89.6 cm³/mol. The maximum atomic E-state index is 12.3. The molecule has 1 aromatic rings. The molecule has 1 saturated heterocycles. The van der Waals surface area contributed by atoms with Crippen molar-refractivity contribution in [3.63, 3.8) is 0 Å². The summed E-state index contributed by atoms with van der Waals surface area (Å²) in [5.74, 6) is 0.00575. The van der Waals surface area contributed by atoms with Gasteiger partial charge in [-0.2, -0.15) is 0 Å². The average molecular weight is 329 g/mol. The molecule has 1 aromatic carbocycles. The number of allylic oxidation sites excluding steroid dienone is 1. The number of rotatable bonds is 6. The Morgan fingerprint density at radius 3 is 2.88 bits per heavy atom. The second-order valence-electron chi connectivity index (χ2n) is 6.70. The van der Waals surface area contributed by atoms with Gasteiger partial charge in [0.25, 0.3) is 5.91 Å². The van der Waals surface area contributed by atoms with Gasteiger partial charge < -0.3 is 14.8 Å². The molecule has 128 valence electrons. The number of fused-ring (bicyclic) bond motifs is 1. The molecule has 2 atom stereocenters. The quantitative estimate of drug-likeness (QED) is 0.493. The monoisotopic (exact) mass is 329 g/mol. The fourth-order valence-electron chi connectivity index (χ4n) is 3.77. The third-order valence-corrected chi connectivity index (χ3v) is 5.03. The minimum Gasteiger partial charge on any atom is -0.465 e. The van der Waals surface area contributed by atoms with Crippen molar-refractivity contribution in [1.29, 1.82) is 0 Å². The Bertz CT molecular complexity index is 652. The Morgan fingerprint density at radius 1 is 1.42 bits per heavy atom. The molecule has 0 aromatic heterocycles. The molecule has 0 bridgehead atoms. The minimum atomic E-state index is -0.459. The molecule has 1 aliphatic heterocycles. The number of cyclic esters (lactones) is 1. The van der Waals surface area contributed by atoms with Crippen molar-refractivity contribution in [2.24, 2.45) is 11.3 Å². The molecule has 1 amide bonds. The first kappa shape index (κ1) is 16.7.